The van der Waals surface area contributed by atoms with Crippen molar-refractivity contribution in [1.82, 2.24) is 0 Å². The zero-order chi connectivity index (χ0) is 12.1. The van der Waals surface area contributed by atoms with Crippen molar-refractivity contribution in [2.75, 3.05) is 0 Å². The van der Waals surface area contributed by atoms with Crippen molar-refractivity contribution in [3.63, 3.8) is 0 Å². The lowest BCUT2D eigenvalue weighted by Crippen LogP contribution is -2.48. The van der Waals surface area contributed by atoms with Crippen LogP contribution in [0.2, 0.25) is 0 Å². The fraction of sp³-hybridized carbons (Fsp3) is 1.00. The number of hydrogen-bond donors (Lipinski definition) is 2. The minimum atomic E-state index is -0.754. The Hall–Kier alpha value is -0.120. The van der Waals surface area contributed by atoms with E-state index in [0.29, 0.717) is 12.3 Å². The van der Waals surface area contributed by atoms with Gasteiger partial charge in [0.05, 0.1) is 23.4 Å². The Labute approximate surface area is 97.8 Å². The molecule has 0 amide bonds. The van der Waals surface area contributed by atoms with E-state index in [1.807, 2.05) is 6.92 Å². The van der Waals surface area contributed by atoms with Crippen molar-refractivity contribution in [2.24, 2.45) is 11.8 Å². The molecule has 2 aliphatic rings. The second-order valence-corrected chi connectivity index (χ2v) is 6.34. The molecular formula is C13H24O3. The maximum absolute atomic E-state index is 10.7. The molecule has 2 N–H and O–H groups in total. The molecule has 0 aromatic heterocycles. The molecule has 2 bridgehead atoms. The highest BCUT2D eigenvalue weighted by Gasteiger charge is 2.55. The van der Waals surface area contributed by atoms with Crippen molar-refractivity contribution in [3.05, 3.63) is 0 Å². The third-order valence-electron chi connectivity index (χ3n) is 4.61. The normalized spacial score (nSPS) is 48.0. The fourth-order valence-corrected chi connectivity index (χ4v) is 3.47. The zero-order valence-electron chi connectivity index (χ0n) is 10.7. The van der Waals surface area contributed by atoms with Gasteiger partial charge >= 0.3 is 0 Å². The summed E-state index contributed by atoms with van der Waals surface area (Å²) in [5, 5.41) is 20.2. The van der Waals surface area contributed by atoms with Crippen LogP contribution in [-0.2, 0) is 4.74 Å². The van der Waals surface area contributed by atoms with Crippen molar-refractivity contribution < 1.29 is 14.9 Å². The lowest BCUT2D eigenvalue weighted by Gasteiger charge is -2.42. The zero-order valence-corrected chi connectivity index (χ0v) is 10.7. The van der Waals surface area contributed by atoms with Gasteiger partial charge in [-0.15, -0.1) is 0 Å². The molecular weight excluding hydrogens is 204 g/mol. The lowest BCUT2D eigenvalue weighted by atomic mass is 9.66. The molecule has 0 spiro atoms. The van der Waals surface area contributed by atoms with Gasteiger partial charge in [-0.25, -0.2) is 0 Å². The van der Waals surface area contributed by atoms with Gasteiger partial charge in [-0.2, -0.15) is 0 Å². The summed E-state index contributed by atoms with van der Waals surface area (Å²) in [5.41, 5.74) is -0.877. The Morgan fingerprint density at radius 1 is 1.44 bits per heavy atom. The number of fused-ring (bicyclic) bond motifs is 2. The van der Waals surface area contributed by atoms with Crippen LogP contribution in [0.15, 0.2) is 0 Å². The Kier molecular flexibility index (Phi) is 2.84. The average molecular weight is 228 g/mol. The Balaban J connectivity index is 2.19. The molecule has 0 unspecified atom stereocenters. The summed E-state index contributed by atoms with van der Waals surface area (Å²) >= 11 is 0. The van der Waals surface area contributed by atoms with Gasteiger partial charge in [0, 0.05) is 12.3 Å². The number of aliphatic hydroxyl groups is 2. The second-order valence-electron chi connectivity index (χ2n) is 6.34. The summed E-state index contributed by atoms with van der Waals surface area (Å²) in [6.45, 7) is 8.01. The van der Waals surface area contributed by atoms with Crippen molar-refractivity contribution in [2.45, 2.75) is 70.4 Å². The van der Waals surface area contributed by atoms with Gasteiger partial charge in [0.2, 0.25) is 0 Å². The monoisotopic (exact) mass is 228 g/mol. The van der Waals surface area contributed by atoms with Crippen LogP contribution >= 0.6 is 0 Å². The summed E-state index contributed by atoms with van der Waals surface area (Å²) in [7, 11) is 0. The molecule has 1 aliphatic carbocycles. The summed E-state index contributed by atoms with van der Waals surface area (Å²) in [6.07, 6.45) is 1.96. The molecule has 2 rings (SSSR count). The minimum absolute atomic E-state index is 0.111. The molecule has 3 nitrogen and oxygen atoms in total. The summed E-state index contributed by atoms with van der Waals surface area (Å²) in [5.74, 6) is 0.526. The van der Waals surface area contributed by atoms with Gasteiger partial charge in [0.25, 0.3) is 0 Å². The van der Waals surface area contributed by atoms with Gasteiger partial charge < -0.3 is 14.9 Å². The van der Waals surface area contributed by atoms with E-state index in [0.717, 1.165) is 12.8 Å². The van der Waals surface area contributed by atoms with E-state index in [1.165, 1.54) is 0 Å². The first kappa shape index (κ1) is 12.3. The first-order chi connectivity index (χ1) is 7.24. The van der Waals surface area contributed by atoms with Gasteiger partial charge in [-0.3, -0.25) is 0 Å². The van der Waals surface area contributed by atoms with Crippen LogP contribution in [0, 0.1) is 11.8 Å². The van der Waals surface area contributed by atoms with Crippen LogP contribution in [0.25, 0.3) is 0 Å². The van der Waals surface area contributed by atoms with E-state index in [1.54, 1.807) is 6.92 Å². The third-order valence-corrected chi connectivity index (χ3v) is 4.61. The predicted molar refractivity (Wildman–Crippen MR) is 62.1 cm³/mol. The van der Waals surface area contributed by atoms with Crippen LogP contribution in [0.1, 0.15) is 47.0 Å². The first-order valence-corrected chi connectivity index (χ1v) is 6.33. The molecule has 0 aromatic carbocycles. The third kappa shape index (κ3) is 1.89. The molecule has 0 radical (unpaired) electrons. The van der Waals surface area contributed by atoms with E-state index >= 15 is 0 Å². The molecule has 1 saturated heterocycles. The SMILES string of the molecule is C[C@H](O)C[C@@]1(O)C[C@H]2C[C@H](OC2(C)C)[C@@H]1C. The van der Waals surface area contributed by atoms with E-state index in [2.05, 4.69) is 13.8 Å². The molecule has 1 aliphatic heterocycles. The van der Waals surface area contributed by atoms with E-state index in [9.17, 15) is 10.2 Å². The maximum Gasteiger partial charge on any atom is 0.0726 e. The first-order valence-electron chi connectivity index (χ1n) is 6.33. The van der Waals surface area contributed by atoms with Gasteiger partial charge in [0.15, 0.2) is 0 Å². The molecule has 2 fully saturated rings. The van der Waals surface area contributed by atoms with Gasteiger partial charge in [-0.05, 0) is 39.5 Å². The van der Waals surface area contributed by atoms with Crippen LogP contribution < -0.4 is 0 Å². The number of hydrogen-bond acceptors (Lipinski definition) is 3. The topological polar surface area (TPSA) is 49.7 Å². The molecule has 1 saturated carbocycles. The Morgan fingerprint density at radius 2 is 2.06 bits per heavy atom. The molecule has 3 heteroatoms. The molecule has 94 valence electrons. The average Bonchev–Trinajstić information content (AvgIpc) is 2.35. The minimum Gasteiger partial charge on any atom is -0.393 e. The van der Waals surface area contributed by atoms with Gasteiger partial charge in [0.1, 0.15) is 0 Å². The summed E-state index contributed by atoms with van der Waals surface area (Å²) < 4.78 is 6.02. The second kappa shape index (κ2) is 3.69. The largest absolute Gasteiger partial charge is 0.393 e. The number of aliphatic hydroxyl groups excluding tert-OH is 1. The fourth-order valence-electron chi connectivity index (χ4n) is 3.47. The molecule has 0 aromatic rings. The highest BCUT2D eigenvalue weighted by molar-refractivity contribution is 5.05. The smallest absolute Gasteiger partial charge is 0.0726 e. The van der Waals surface area contributed by atoms with Crippen molar-refractivity contribution in [1.29, 1.82) is 0 Å². The standard InChI is InChI=1S/C13H24O3/c1-8(14)6-13(15)7-10-5-11(9(13)2)16-12(10,3)4/h8-11,14-15H,5-7H2,1-4H3/t8-,9-,10+,11-,13+/m0/s1. The van der Waals surface area contributed by atoms with Crippen LogP contribution in [0.3, 0.4) is 0 Å². The van der Waals surface area contributed by atoms with Gasteiger partial charge in [-0.1, -0.05) is 6.92 Å². The Morgan fingerprint density at radius 3 is 2.62 bits per heavy atom. The van der Waals surface area contributed by atoms with Crippen molar-refractivity contribution >= 4 is 0 Å². The summed E-state index contributed by atoms with van der Waals surface area (Å²) in [6, 6.07) is 0. The lowest BCUT2D eigenvalue weighted by molar-refractivity contribution is -0.107. The molecule has 1 heterocycles. The Bertz CT molecular complexity index is 274. The van der Waals surface area contributed by atoms with E-state index in [4.69, 9.17) is 4.74 Å². The molecule has 16 heavy (non-hydrogen) atoms. The predicted octanol–water partition coefficient (Wildman–Crippen LogP) is 1.71. The number of ether oxygens (including phenoxy) is 1. The number of rotatable bonds is 2. The van der Waals surface area contributed by atoms with E-state index in [-0.39, 0.29) is 17.6 Å². The van der Waals surface area contributed by atoms with Crippen molar-refractivity contribution in [3.8, 4) is 0 Å². The van der Waals surface area contributed by atoms with Crippen LogP contribution in [0.5, 0.6) is 0 Å². The highest BCUT2D eigenvalue weighted by Crippen LogP contribution is 2.51. The highest BCUT2D eigenvalue weighted by atomic mass is 16.5. The quantitative estimate of drug-likeness (QED) is 0.756. The summed E-state index contributed by atoms with van der Waals surface area (Å²) in [4.78, 5) is 0. The van der Waals surface area contributed by atoms with Crippen LogP contribution in [0.4, 0.5) is 0 Å². The van der Waals surface area contributed by atoms with Crippen LogP contribution in [-0.4, -0.2) is 33.6 Å². The van der Waals surface area contributed by atoms with E-state index < -0.39 is 11.7 Å². The molecule has 5 atom stereocenters. The maximum atomic E-state index is 10.7.